The van der Waals surface area contributed by atoms with Crippen molar-refractivity contribution in [2.45, 2.75) is 38.8 Å². The molecule has 9 nitrogen and oxygen atoms in total. The van der Waals surface area contributed by atoms with Gasteiger partial charge in [0.1, 0.15) is 0 Å². The van der Waals surface area contributed by atoms with Gasteiger partial charge in [0.05, 0.1) is 29.1 Å². The summed E-state index contributed by atoms with van der Waals surface area (Å²) in [5, 5.41) is 20.1. The Kier molecular flexibility index (Phi) is 8.48. The maximum absolute atomic E-state index is 12.4. The number of nitrogens with one attached hydrogen (secondary N) is 2. The zero-order chi connectivity index (χ0) is 22.1. The van der Waals surface area contributed by atoms with Crippen LogP contribution in [-0.4, -0.2) is 35.4 Å². The number of nitro benzene ring substituents is 1. The minimum atomic E-state index is -0.932. The van der Waals surface area contributed by atoms with Gasteiger partial charge in [-0.05, 0) is 25.3 Å². The molecule has 160 valence electrons. The fourth-order valence-corrected chi connectivity index (χ4v) is 3.35. The zero-order valence-electron chi connectivity index (χ0n) is 16.6. The number of ether oxygens (including phenoxy) is 1. The number of hydrogen-bond acceptors (Lipinski definition) is 7. The molecular formula is C20H23N3O6S. The van der Waals surface area contributed by atoms with Crippen molar-refractivity contribution >= 4 is 34.8 Å². The molecule has 0 saturated carbocycles. The number of hydrogen-bond donors (Lipinski definition) is 2. The van der Waals surface area contributed by atoms with Gasteiger partial charge in [0.15, 0.2) is 0 Å². The molecule has 1 unspecified atom stereocenters. The first kappa shape index (κ1) is 23.0. The van der Waals surface area contributed by atoms with Gasteiger partial charge in [0, 0.05) is 30.0 Å². The molecule has 2 N–H and O–H groups in total. The molecule has 2 rings (SSSR count). The predicted molar refractivity (Wildman–Crippen MR) is 111 cm³/mol. The van der Waals surface area contributed by atoms with Crippen LogP contribution in [0.2, 0.25) is 0 Å². The van der Waals surface area contributed by atoms with Crippen LogP contribution in [0, 0.1) is 10.1 Å². The van der Waals surface area contributed by atoms with Gasteiger partial charge in [0.2, 0.25) is 5.91 Å². The zero-order valence-corrected chi connectivity index (χ0v) is 17.4. The van der Waals surface area contributed by atoms with E-state index >= 15 is 0 Å². The smallest absolute Gasteiger partial charge is 0.308 e. The van der Waals surface area contributed by atoms with E-state index in [1.54, 1.807) is 36.7 Å². The van der Waals surface area contributed by atoms with Crippen molar-refractivity contribution < 1.29 is 24.0 Å². The van der Waals surface area contributed by atoms with Crippen LogP contribution in [0.15, 0.2) is 41.1 Å². The first-order chi connectivity index (χ1) is 14.3. The number of para-hydroxylation sites is 1. The molecule has 0 saturated heterocycles. The fraction of sp³-hybridized carbons (Fsp3) is 0.350. The van der Waals surface area contributed by atoms with Gasteiger partial charge in [0.25, 0.3) is 11.6 Å². The lowest BCUT2D eigenvalue weighted by Gasteiger charge is -2.19. The van der Waals surface area contributed by atoms with Crippen LogP contribution in [0.4, 0.5) is 5.69 Å². The van der Waals surface area contributed by atoms with Gasteiger partial charge >= 0.3 is 5.97 Å². The third-order valence-electron chi connectivity index (χ3n) is 4.00. The highest BCUT2D eigenvalue weighted by Gasteiger charge is 2.26. The number of rotatable bonds is 10. The number of amides is 2. The molecule has 0 fully saturated rings. The van der Waals surface area contributed by atoms with E-state index < -0.39 is 22.8 Å². The van der Waals surface area contributed by atoms with Gasteiger partial charge in [-0.25, -0.2) is 0 Å². The molecule has 0 radical (unpaired) electrons. The van der Waals surface area contributed by atoms with Crippen LogP contribution in [0.1, 0.15) is 48.7 Å². The third kappa shape index (κ3) is 6.96. The molecule has 10 heteroatoms. The largest absolute Gasteiger partial charge is 0.463 e. The topological polar surface area (TPSA) is 128 Å². The molecule has 2 aromatic rings. The minimum absolute atomic E-state index is 0.0494. The molecule has 0 spiro atoms. The lowest BCUT2D eigenvalue weighted by atomic mass is 10.0. The van der Waals surface area contributed by atoms with Crippen molar-refractivity contribution in [2.24, 2.45) is 0 Å². The Labute approximate surface area is 177 Å². The van der Waals surface area contributed by atoms with E-state index in [0.717, 1.165) is 0 Å². The molecule has 2 amide bonds. The van der Waals surface area contributed by atoms with E-state index in [0.29, 0.717) is 5.56 Å². The second kappa shape index (κ2) is 11.1. The monoisotopic (exact) mass is 433 g/mol. The summed E-state index contributed by atoms with van der Waals surface area (Å²) in [7, 11) is 0. The number of esters is 1. The normalized spacial score (nSPS) is 11.6. The Morgan fingerprint density at radius 3 is 2.57 bits per heavy atom. The molecule has 0 aliphatic heterocycles. The average Bonchev–Trinajstić information content (AvgIpc) is 3.21. The molecule has 0 aliphatic carbocycles. The average molecular weight is 433 g/mol. The number of carbonyl (C=O) groups excluding carboxylic acids is 3. The molecule has 0 aliphatic rings. The molecule has 30 heavy (non-hydrogen) atoms. The van der Waals surface area contributed by atoms with Gasteiger partial charge in [-0.15, -0.1) is 0 Å². The fourth-order valence-electron chi connectivity index (χ4n) is 2.72. The number of carbonyl (C=O) groups is 3. The maximum Gasteiger partial charge on any atom is 0.308 e. The van der Waals surface area contributed by atoms with Crippen molar-refractivity contribution in [1.82, 2.24) is 10.6 Å². The van der Waals surface area contributed by atoms with E-state index in [2.05, 4.69) is 10.6 Å². The summed E-state index contributed by atoms with van der Waals surface area (Å²) in [4.78, 5) is 47.3. The SMILES string of the molecule is CC(C)OC(=O)CC(NC(=O)CCNC(=O)c1ccsc1)c1ccccc1[N+](=O)[O-]. The van der Waals surface area contributed by atoms with E-state index in [1.807, 2.05) is 0 Å². The van der Waals surface area contributed by atoms with Gasteiger partial charge in [-0.1, -0.05) is 18.2 Å². The standard InChI is InChI=1S/C20H23N3O6S/c1-13(2)29-19(25)11-16(15-5-3-4-6-17(15)23(27)28)22-18(24)7-9-21-20(26)14-8-10-30-12-14/h3-6,8,10,12-13,16H,7,9,11H2,1-2H3,(H,21,26)(H,22,24). The molecule has 1 aromatic heterocycles. The third-order valence-corrected chi connectivity index (χ3v) is 4.69. The first-order valence-electron chi connectivity index (χ1n) is 9.30. The minimum Gasteiger partial charge on any atom is -0.463 e. The Hall–Kier alpha value is -3.27. The Bertz CT molecular complexity index is 898. The van der Waals surface area contributed by atoms with Gasteiger partial charge in [-0.3, -0.25) is 24.5 Å². The highest BCUT2D eigenvalue weighted by atomic mass is 32.1. The summed E-state index contributed by atoms with van der Waals surface area (Å²) in [6, 6.07) is 6.64. The van der Waals surface area contributed by atoms with Gasteiger partial charge < -0.3 is 15.4 Å². The number of thiophene rings is 1. The van der Waals surface area contributed by atoms with E-state index in [4.69, 9.17) is 4.74 Å². The Balaban J connectivity index is 2.05. The van der Waals surface area contributed by atoms with E-state index in [1.165, 1.54) is 29.5 Å². The Morgan fingerprint density at radius 1 is 1.20 bits per heavy atom. The van der Waals surface area contributed by atoms with Crippen molar-refractivity contribution in [2.75, 3.05) is 6.54 Å². The van der Waals surface area contributed by atoms with Gasteiger partial charge in [-0.2, -0.15) is 11.3 Å². The predicted octanol–water partition coefficient (Wildman–Crippen LogP) is 2.98. The maximum atomic E-state index is 12.4. The summed E-state index contributed by atoms with van der Waals surface area (Å²) in [6.45, 7) is 3.46. The summed E-state index contributed by atoms with van der Waals surface area (Å²) in [5.41, 5.74) is 0.513. The van der Waals surface area contributed by atoms with Crippen LogP contribution >= 0.6 is 11.3 Å². The number of nitrogens with zero attached hydrogens (tertiary/aromatic N) is 1. The highest BCUT2D eigenvalue weighted by molar-refractivity contribution is 7.08. The van der Waals surface area contributed by atoms with E-state index in [9.17, 15) is 24.5 Å². The summed E-state index contributed by atoms with van der Waals surface area (Å²) in [5.74, 6) is -1.33. The molecule has 1 atom stereocenters. The lowest BCUT2D eigenvalue weighted by Crippen LogP contribution is -2.34. The highest BCUT2D eigenvalue weighted by Crippen LogP contribution is 2.27. The quantitative estimate of drug-likeness (QED) is 0.337. The molecule has 0 bridgehead atoms. The number of nitro groups is 1. The van der Waals surface area contributed by atoms with Crippen molar-refractivity contribution in [3.05, 3.63) is 62.3 Å². The van der Waals surface area contributed by atoms with Crippen LogP contribution in [0.25, 0.3) is 0 Å². The Morgan fingerprint density at radius 2 is 1.93 bits per heavy atom. The molecule has 1 aromatic carbocycles. The summed E-state index contributed by atoms with van der Waals surface area (Å²) in [6.07, 6.45) is -0.658. The second-order valence-corrected chi connectivity index (χ2v) is 7.48. The van der Waals surface area contributed by atoms with Crippen LogP contribution in [0.3, 0.4) is 0 Å². The molecule has 1 heterocycles. The van der Waals surface area contributed by atoms with E-state index in [-0.39, 0.29) is 42.6 Å². The second-order valence-electron chi connectivity index (χ2n) is 6.70. The van der Waals surface area contributed by atoms with Crippen LogP contribution in [-0.2, 0) is 14.3 Å². The lowest BCUT2D eigenvalue weighted by molar-refractivity contribution is -0.385. The first-order valence-corrected chi connectivity index (χ1v) is 10.2. The van der Waals surface area contributed by atoms with Crippen molar-refractivity contribution in [3.63, 3.8) is 0 Å². The summed E-state index contributed by atoms with van der Waals surface area (Å²) < 4.78 is 5.12. The van der Waals surface area contributed by atoms with Crippen molar-refractivity contribution in [1.29, 1.82) is 0 Å². The molecular weight excluding hydrogens is 410 g/mol. The van der Waals surface area contributed by atoms with Crippen LogP contribution < -0.4 is 10.6 Å². The number of benzene rings is 1. The van der Waals surface area contributed by atoms with Crippen LogP contribution in [0.5, 0.6) is 0 Å². The summed E-state index contributed by atoms with van der Waals surface area (Å²) >= 11 is 1.39. The van der Waals surface area contributed by atoms with Crippen molar-refractivity contribution in [3.8, 4) is 0 Å².